The number of halogens is 1. The van der Waals surface area contributed by atoms with Crippen molar-refractivity contribution in [2.45, 2.75) is 12.1 Å². The average Bonchev–Trinajstić information content (AvgIpc) is 2.74. The van der Waals surface area contributed by atoms with Gasteiger partial charge in [0, 0.05) is 0 Å². The van der Waals surface area contributed by atoms with Crippen molar-refractivity contribution in [2.24, 2.45) is 0 Å². The standard InChI is InChI=1S/C10H9FN4O2S/c1-6-4-7(11)2-3-8(6)15-10(12-13-14-15)18-5-9(16)17/h2-4H,5H2,1H3,(H,16,17). The van der Waals surface area contributed by atoms with Crippen LogP contribution in [0.15, 0.2) is 23.4 Å². The van der Waals surface area contributed by atoms with Crippen LogP contribution >= 0.6 is 11.8 Å². The monoisotopic (exact) mass is 268 g/mol. The van der Waals surface area contributed by atoms with Crippen LogP contribution in [0.5, 0.6) is 0 Å². The fourth-order valence-electron chi connectivity index (χ4n) is 1.40. The highest BCUT2D eigenvalue weighted by molar-refractivity contribution is 7.99. The zero-order chi connectivity index (χ0) is 13.1. The summed E-state index contributed by atoms with van der Waals surface area (Å²) in [5.41, 5.74) is 1.29. The number of aliphatic carboxylic acids is 1. The van der Waals surface area contributed by atoms with Crippen LogP contribution in [0.1, 0.15) is 5.56 Å². The predicted molar refractivity (Wildman–Crippen MR) is 62.2 cm³/mol. The van der Waals surface area contributed by atoms with E-state index in [0.29, 0.717) is 16.4 Å². The molecule has 1 aromatic heterocycles. The minimum Gasteiger partial charge on any atom is -0.481 e. The Morgan fingerprint density at radius 3 is 3.00 bits per heavy atom. The third kappa shape index (κ3) is 2.65. The van der Waals surface area contributed by atoms with E-state index in [-0.39, 0.29) is 11.6 Å². The lowest BCUT2D eigenvalue weighted by atomic mass is 10.2. The van der Waals surface area contributed by atoms with Crippen molar-refractivity contribution < 1.29 is 14.3 Å². The molecule has 0 saturated heterocycles. The van der Waals surface area contributed by atoms with Gasteiger partial charge in [0.05, 0.1) is 11.4 Å². The van der Waals surface area contributed by atoms with Gasteiger partial charge in [-0.15, -0.1) is 5.10 Å². The molecule has 8 heteroatoms. The molecule has 2 aromatic rings. The number of carboxylic acids is 1. The summed E-state index contributed by atoms with van der Waals surface area (Å²) in [6.45, 7) is 1.73. The topological polar surface area (TPSA) is 80.9 Å². The maximum absolute atomic E-state index is 13.0. The number of hydrogen-bond donors (Lipinski definition) is 1. The van der Waals surface area contributed by atoms with Crippen LogP contribution < -0.4 is 0 Å². The van der Waals surface area contributed by atoms with Crippen LogP contribution in [0.4, 0.5) is 4.39 Å². The second-order valence-corrected chi connectivity index (χ2v) is 4.43. The number of carbonyl (C=O) groups is 1. The Morgan fingerprint density at radius 2 is 2.33 bits per heavy atom. The fourth-order valence-corrected chi connectivity index (χ4v) is 2.01. The highest BCUT2D eigenvalue weighted by atomic mass is 32.2. The Hall–Kier alpha value is -1.96. The molecule has 6 nitrogen and oxygen atoms in total. The van der Waals surface area contributed by atoms with E-state index in [1.807, 2.05) is 0 Å². The van der Waals surface area contributed by atoms with E-state index in [2.05, 4.69) is 15.5 Å². The van der Waals surface area contributed by atoms with E-state index in [9.17, 15) is 9.18 Å². The molecule has 0 spiro atoms. The third-order valence-corrected chi connectivity index (χ3v) is 3.06. The Kier molecular flexibility index (Phi) is 3.56. The molecule has 1 N–H and O–H groups in total. The molecule has 0 amide bonds. The smallest absolute Gasteiger partial charge is 0.313 e. The summed E-state index contributed by atoms with van der Waals surface area (Å²) in [5, 5.41) is 20.0. The maximum atomic E-state index is 13.0. The van der Waals surface area contributed by atoms with Crippen molar-refractivity contribution in [1.29, 1.82) is 0 Å². The third-order valence-electron chi connectivity index (χ3n) is 2.15. The minimum atomic E-state index is -0.953. The lowest BCUT2D eigenvalue weighted by Crippen LogP contribution is -2.04. The van der Waals surface area contributed by atoms with Crippen LogP contribution in [0.3, 0.4) is 0 Å². The van der Waals surface area contributed by atoms with Crippen molar-refractivity contribution in [3.63, 3.8) is 0 Å². The number of thioether (sulfide) groups is 1. The molecule has 0 aliphatic carbocycles. The molecular formula is C10H9FN4O2S. The van der Waals surface area contributed by atoms with Crippen molar-refractivity contribution in [3.8, 4) is 5.69 Å². The van der Waals surface area contributed by atoms with E-state index < -0.39 is 5.97 Å². The zero-order valence-corrected chi connectivity index (χ0v) is 10.2. The lowest BCUT2D eigenvalue weighted by molar-refractivity contribution is -0.133. The van der Waals surface area contributed by atoms with E-state index >= 15 is 0 Å². The van der Waals surface area contributed by atoms with Crippen molar-refractivity contribution >= 4 is 17.7 Å². The summed E-state index contributed by atoms with van der Waals surface area (Å²) < 4.78 is 14.4. The molecule has 0 unspecified atom stereocenters. The SMILES string of the molecule is Cc1cc(F)ccc1-n1nnnc1SCC(=O)O. The van der Waals surface area contributed by atoms with Crippen LogP contribution in [0.25, 0.3) is 5.69 Å². The predicted octanol–water partition coefficient (Wildman–Crippen LogP) is 1.29. The van der Waals surface area contributed by atoms with E-state index in [1.54, 1.807) is 13.0 Å². The molecular weight excluding hydrogens is 259 g/mol. The van der Waals surface area contributed by atoms with E-state index in [0.717, 1.165) is 11.8 Å². The Morgan fingerprint density at radius 1 is 1.56 bits per heavy atom. The van der Waals surface area contributed by atoms with Crippen molar-refractivity contribution in [3.05, 3.63) is 29.6 Å². The second-order valence-electron chi connectivity index (χ2n) is 3.49. The number of carboxylic acid groups (broad SMARTS) is 1. The normalized spacial score (nSPS) is 10.6. The summed E-state index contributed by atoms with van der Waals surface area (Å²) in [6, 6.07) is 4.21. The lowest BCUT2D eigenvalue weighted by Gasteiger charge is -2.06. The number of rotatable bonds is 4. The quantitative estimate of drug-likeness (QED) is 0.841. The fraction of sp³-hybridized carbons (Fsp3) is 0.200. The molecule has 0 fully saturated rings. The first-order valence-electron chi connectivity index (χ1n) is 4.97. The van der Waals surface area contributed by atoms with Gasteiger partial charge < -0.3 is 5.11 Å². The van der Waals surface area contributed by atoms with Gasteiger partial charge in [-0.1, -0.05) is 11.8 Å². The van der Waals surface area contributed by atoms with Gasteiger partial charge in [0.15, 0.2) is 0 Å². The van der Waals surface area contributed by atoms with Crippen molar-refractivity contribution in [1.82, 2.24) is 20.2 Å². The van der Waals surface area contributed by atoms with Crippen molar-refractivity contribution in [2.75, 3.05) is 5.75 Å². The highest BCUT2D eigenvalue weighted by Gasteiger charge is 2.12. The Bertz CT molecular complexity index is 587. The Labute approximate surface area is 106 Å². The first-order chi connectivity index (χ1) is 8.58. The molecule has 0 bridgehead atoms. The molecule has 1 heterocycles. The molecule has 94 valence electrons. The number of nitrogens with zero attached hydrogens (tertiary/aromatic N) is 4. The first-order valence-corrected chi connectivity index (χ1v) is 5.96. The van der Waals surface area contributed by atoms with Gasteiger partial charge in [0.25, 0.3) is 0 Å². The summed E-state index contributed by atoms with van der Waals surface area (Å²) >= 11 is 1.00. The van der Waals surface area contributed by atoms with Gasteiger partial charge in [-0.3, -0.25) is 4.79 Å². The van der Waals surface area contributed by atoms with Gasteiger partial charge in [0.2, 0.25) is 5.16 Å². The van der Waals surface area contributed by atoms with Gasteiger partial charge in [-0.05, 0) is 41.1 Å². The molecule has 0 aliphatic rings. The average molecular weight is 268 g/mol. The molecule has 0 atom stereocenters. The molecule has 1 aromatic carbocycles. The summed E-state index contributed by atoms with van der Waals surface area (Å²) in [7, 11) is 0. The summed E-state index contributed by atoms with van der Waals surface area (Å²) in [6.07, 6.45) is 0. The molecule has 2 rings (SSSR count). The van der Waals surface area contributed by atoms with Gasteiger partial charge in [-0.2, -0.15) is 4.68 Å². The van der Waals surface area contributed by atoms with E-state index in [4.69, 9.17) is 5.11 Å². The summed E-state index contributed by atoms with van der Waals surface area (Å²) in [4.78, 5) is 10.5. The van der Waals surface area contributed by atoms with Crippen LogP contribution in [0, 0.1) is 12.7 Å². The van der Waals surface area contributed by atoms with Crippen LogP contribution in [0.2, 0.25) is 0 Å². The minimum absolute atomic E-state index is 0.138. The molecule has 18 heavy (non-hydrogen) atoms. The van der Waals surface area contributed by atoms with Crippen LogP contribution in [-0.4, -0.2) is 37.0 Å². The largest absolute Gasteiger partial charge is 0.481 e. The summed E-state index contributed by atoms with van der Waals surface area (Å²) in [5.74, 6) is -1.44. The van der Waals surface area contributed by atoms with Crippen LogP contribution in [-0.2, 0) is 4.79 Å². The van der Waals surface area contributed by atoms with Gasteiger partial charge >= 0.3 is 5.97 Å². The second kappa shape index (κ2) is 5.13. The van der Waals surface area contributed by atoms with E-state index in [1.165, 1.54) is 16.8 Å². The Balaban J connectivity index is 2.33. The molecule has 0 aliphatic heterocycles. The zero-order valence-electron chi connectivity index (χ0n) is 9.37. The number of tetrazole rings is 1. The first kappa shape index (κ1) is 12.5. The number of aryl methyl sites for hydroxylation is 1. The molecule has 0 saturated carbocycles. The molecule has 0 radical (unpaired) electrons. The number of hydrogen-bond acceptors (Lipinski definition) is 5. The van der Waals surface area contributed by atoms with Gasteiger partial charge in [0.1, 0.15) is 5.82 Å². The number of benzene rings is 1. The number of aromatic nitrogens is 4. The maximum Gasteiger partial charge on any atom is 0.313 e. The highest BCUT2D eigenvalue weighted by Crippen LogP contribution is 2.20. The van der Waals surface area contributed by atoms with Gasteiger partial charge in [-0.25, -0.2) is 4.39 Å².